The highest BCUT2D eigenvalue weighted by atomic mass is 16.5. The van der Waals surface area contributed by atoms with Crippen molar-refractivity contribution in [3.05, 3.63) is 52.0 Å². The van der Waals surface area contributed by atoms with Crippen LogP contribution < -0.4 is 10.9 Å². The van der Waals surface area contributed by atoms with Crippen LogP contribution in [0.3, 0.4) is 0 Å². The number of carbonyl (C=O) groups excluding carboxylic acids is 1. The highest BCUT2D eigenvalue weighted by molar-refractivity contribution is 5.93. The Kier molecular flexibility index (Phi) is 4.21. The molecule has 0 saturated carbocycles. The van der Waals surface area contributed by atoms with E-state index in [9.17, 15) is 9.59 Å². The van der Waals surface area contributed by atoms with E-state index in [0.29, 0.717) is 29.4 Å². The van der Waals surface area contributed by atoms with E-state index in [-0.39, 0.29) is 18.3 Å². The number of hydrogen-bond acceptors (Lipinski definition) is 7. The molecular formula is C17H17N5O4. The number of aromatic nitrogens is 4. The van der Waals surface area contributed by atoms with Crippen molar-refractivity contribution in [2.75, 3.05) is 6.61 Å². The Bertz CT molecular complexity index is 1020. The molecule has 1 saturated heterocycles. The van der Waals surface area contributed by atoms with Crippen LogP contribution in [0.15, 0.2) is 33.6 Å². The van der Waals surface area contributed by atoms with Gasteiger partial charge >= 0.3 is 0 Å². The zero-order chi connectivity index (χ0) is 18.1. The number of rotatable bonds is 4. The third kappa shape index (κ3) is 2.97. The van der Waals surface area contributed by atoms with Gasteiger partial charge in [0, 0.05) is 13.7 Å². The summed E-state index contributed by atoms with van der Waals surface area (Å²) in [5.74, 6) is 0.146. The van der Waals surface area contributed by atoms with Gasteiger partial charge in [-0.15, -0.1) is 0 Å². The molecule has 9 heteroatoms. The van der Waals surface area contributed by atoms with Crippen molar-refractivity contribution in [1.29, 1.82) is 0 Å². The average molecular weight is 355 g/mol. The predicted molar refractivity (Wildman–Crippen MR) is 90.4 cm³/mol. The van der Waals surface area contributed by atoms with Gasteiger partial charge in [0.2, 0.25) is 0 Å². The summed E-state index contributed by atoms with van der Waals surface area (Å²) in [6.45, 7) is 0.711. The maximum absolute atomic E-state index is 12.4. The van der Waals surface area contributed by atoms with Gasteiger partial charge in [-0.3, -0.25) is 9.59 Å². The summed E-state index contributed by atoms with van der Waals surface area (Å²) < 4.78 is 12.1. The fraction of sp³-hybridized carbons (Fsp3) is 0.353. The van der Waals surface area contributed by atoms with Gasteiger partial charge in [-0.1, -0.05) is 17.3 Å². The van der Waals surface area contributed by atoms with Gasteiger partial charge < -0.3 is 19.1 Å². The monoisotopic (exact) mass is 355 g/mol. The lowest BCUT2D eigenvalue weighted by molar-refractivity contribution is 0.0835. The molecule has 1 fully saturated rings. The molecule has 9 nitrogen and oxygen atoms in total. The number of aryl methyl sites for hydroxylation is 1. The Morgan fingerprint density at radius 1 is 1.35 bits per heavy atom. The zero-order valence-electron chi connectivity index (χ0n) is 14.1. The summed E-state index contributed by atoms with van der Waals surface area (Å²) in [4.78, 5) is 33.2. The van der Waals surface area contributed by atoms with Crippen LogP contribution in [-0.2, 0) is 18.3 Å². The van der Waals surface area contributed by atoms with Crippen molar-refractivity contribution in [2.24, 2.45) is 7.05 Å². The molecule has 1 aromatic carbocycles. The van der Waals surface area contributed by atoms with Crippen LogP contribution in [0, 0.1) is 0 Å². The van der Waals surface area contributed by atoms with Crippen molar-refractivity contribution in [3.63, 3.8) is 0 Å². The summed E-state index contributed by atoms with van der Waals surface area (Å²) in [7, 11) is 1.61. The SMILES string of the molecule is Cn1c(=O)c(C(=O)NCc2noc(C3CCCO3)n2)nc2ccccc21. The number of fused-ring (bicyclic) bond motifs is 1. The molecule has 0 spiro atoms. The normalized spacial score (nSPS) is 16.9. The highest BCUT2D eigenvalue weighted by Gasteiger charge is 2.24. The summed E-state index contributed by atoms with van der Waals surface area (Å²) in [6.07, 6.45) is 1.61. The van der Waals surface area contributed by atoms with E-state index in [1.807, 2.05) is 6.07 Å². The zero-order valence-corrected chi connectivity index (χ0v) is 14.1. The largest absolute Gasteiger partial charge is 0.368 e. The van der Waals surface area contributed by atoms with E-state index in [1.165, 1.54) is 4.57 Å². The Balaban J connectivity index is 1.51. The molecule has 1 atom stereocenters. The van der Waals surface area contributed by atoms with Crippen LogP contribution in [0.4, 0.5) is 0 Å². The second-order valence-corrected chi connectivity index (χ2v) is 6.05. The lowest BCUT2D eigenvalue weighted by atomic mass is 10.2. The van der Waals surface area contributed by atoms with Crippen molar-refractivity contribution in [3.8, 4) is 0 Å². The van der Waals surface area contributed by atoms with Crippen LogP contribution >= 0.6 is 0 Å². The van der Waals surface area contributed by atoms with Crippen LogP contribution in [0.2, 0.25) is 0 Å². The third-order valence-electron chi connectivity index (χ3n) is 4.29. The summed E-state index contributed by atoms with van der Waals surface area (Å²) in [5.41, 5.74) is 0.594. The molecule has 3 heterocycles. The second-order valence-electron chi connectivity index (χ2n) is 6.05. The van der Waals surface area contributed by atoms with Gasteiger partial charge in [0.15, 0.2) is 11.5 Å². The molecule has 1 unspecified atom stereocenters. The Morgan fingerprint density at radius 3 is 3.00 bits per heavy atom. The van der Waals surface area contributed by atoms with Gasteiger partial charge in [-0.2, -0.15) is 4.98 Å². The van der Waals surface area contributed by atoms with Gasteiger partial charge in [0.25, 0.3) is 17.4 Å². The van der Waals surface area contributed by atoms with Crippen molar-refractivity contribution in [1.82, 2.24) is 25.0 Å². The molecule has 1 amide bonds. The van der Waals surface area contributed by atoms with Crippen LogP contribution in [0.1, 0.15) is 41.1 Å². The molecule has 0 bridgehead atoms. The summed E-state index contributed by atoms with van der Waals surface area (Å²) in [6, 6.07) is 7.13. The molecule has 0 radical (unpaired) electrons. The lowest BCUT2D eigenvalue weighted by Gasteiger charge is -2.07. The number of nitrogens with zero attached hydrogens (tertiary/aromatic N) is 4. The topological polar surface area (TPSA) is 112 Å². The fourth-order valence-electron chi connectivity index (χ4n) is 2.91. The van der Waals surface area contributed by atoms with Crippen molar-refractivity contribution in [2.45, 2.75) is 25.5 Å². The lowest BCUT2D eigenvalue weighted by Crippen LogP contribution is -2.33. The molecular weight excluding hydrogens is 338 g/mol. The predicted octanol–water partition coefficient (Wildman–Crippen LogP) is 1.10. The second kappa shape index (κ2) is 6.68. The number of amides is 1. The fourth-order valence-corrected chi connectivity index (χ4v) is 2.91. The molecule has 1 aliphatic rings. The first-order chi connectivity index (χ1) is 12.6. The van der Waals surface area contributed by atoms with Gasteiger partial charge in [0.05, 0.1) is 17.6 Å². The molecule has 0 aliphatic carbocycles. The van der Waals surface area contributed by atoms with Gasteiger partial charge in [0.1, 0.15) is 6.10 Å². The molecule has 134 valence electrons. The molecule has 4 rings (SSSR count). The van der Waals surface area contributed by atoms with Crippen LogP contribution in [0.5, 0.6) is 0 Å². The molecule has 1 N–H and O–H groups in total. The molecule has 26 heavy (non-hydrogen) atoms. The van der Waals surface area contributed by atoms with E-state index in [0.717, 1.165) is 12.8 Å². The minimum Gasteiger partial charge on any atom is -0.368 e. The Morgan fingerprint density at radius 2 is 2.19 bits per heavy atom. The van der Waals surface area contributed by atoms with E-state index in [4.69, 9.17) is 9.26 Å². The van der Waals surface area contributed by atoms with Crippen LogP contribution in [0.25, 0.3) is 11.0 Å². The van der Waals surface area contributed by atoms with Crippen LogP contribution in [-0.4, -0.2) is 32.2 Å². The summed E-state index contributed by atoms with van der Waals surface area (Å²) >= 11 is 0. The molecule has 2 aromatic heterocycles. The number of ether oxygens (including phenoxy) is 1. The minimum absolute atomic E-state index is 0.0344. The Labute approximate surface area is 148 Å². The van der Waals surface area contributed by atoms with Gasteiger partial charge in [-0.25, -0.2) is 4.98 Å². The summed E-state index contributed by atoms with van der Waals surface area (Å²) in [5, 5.41) is 6.44. The number of benzene rings is 1. The molecule has 3 aromatic rings. The van der Waals surface area contributed by atoms with E-state index in [2.05, 4.69) is 20.4 Å². The third-order valence-corrected chi connectivity index (χ3v) is 4.29. The number of hydrogen-bond donors (Lipinski definition) is 1. The minimum atomic E-state index is -0.584. The van der Waals surface area contributed by atoms with E-state index < -0.39 is 11.5 Å². The first-order valence-electron chi connectivity index (χ1n) is 8.31. The van der Waals surface area contributed by atoms with Crippen molar-refractivity contribution < 1.29 is 14.1 Å². The highest BCUT2D eigenvalue weighted by Crippen LogP contribution is 2.26. The first-order valence-corrected chi connectivity index (χ1v) is 8.31. The number of nitrogens with one attached hydrogen (secondary N) is 1. The number of para-hydroxylation sites is 2. The maximum atomic E-state index is 12.4. The average Bonchev–Trinajstić information content (AvgIpc) is 3.34. The standard InChI is InChI=1S/C17H17N5O4/c1-22-11-6-3-2-5-10(11)19-14(17(22)24)15(23)18-9-13-20-16(26-21-13)12-7-4-8-25-12/h2-3,5-6,12H,4,7-9H2,1H3,(H,18,23). The maximum Gasteiger partial charge on any atom is 0.282 e. The first kappa shape index (κ1) is 16.4. The van der Waals surface area contributed by atoms with E-state index in [1.54, 1.807) is 25.2 Å². The quantitative estimate of drug-likeness (QED) is 0.745. The number of carbonyl (C=O) groups is 1. The van der Waals surface area contributed by atoms with E-state index >= 15 is 0 Å². The smallest absolute Gasteiger partial charge is 0.282 e. The van der Waals surface area contributed by atoms with Crippen molar-refractivity contribution >= 4 is 16.9 Å². The molecule has 1 aliphatic heterocycles. The van der Waals surface area contributed by atoms with Gasteiger partial charge in [-0.05, 0) is 25.0 Å². The Hall–Kier alpha value is -3.07.